The third-order valence-electron chi connectivity index (χ3n) is 5.42. The maximum absolute atomic E-state index is 13.4. The first-order valence-corrected chi connectivity index (χ1v) is 15.8. The molecule has 3 amide bonds. The monoisotopic (exact) mass is 619 g/mol. The predicted molar refractivity (Wildman–Crippen MR) is 170 cm³/mol. The molecule has 0 saturated heterocycles. The maximum Gasteiger partial charge on any atom is 0.272 e. The van der Waals surface area contributed by atoms with Crippen LogP contribution in [0, 0.1) is 0 Å². The van der Waals surface area contributed by atoms with E-state index in [1.807, 2.05) is 26.0 Å². The second-order valence-electron chi connectivity index (χ2n) is 8.51. The zero-order valence-electron chi connectivity index (χ0n) is 23.0. The van der Waals surface area contributed by atoms with Crippen molar-refractivity contribution < 1.29 is 19.1 Å². The van der Waals surface area contributed by atoms with Crippen LogP contribution in [0.2, 0.25) is 0 Å². The number of carbonyl (C=O) groups is 3. The van der Waals surface area contributed by atoms with Crippen LogP contribution in [0.25, 0.3) is 6.08 Å². The molecule has 0 unspecified atom stereocenters. The van der Waals surface area contributed by atoms with Gasteiger partial charge in [-0.05, 0) is 66.8 Å². The van der Waals surface area contributed by atoms with Crippen LogP contribution in [0.5, 0.6) is 5.75 Å². The quantitative estimate of drug-likeness (QED) is 0.120. The van der Waals surface area contributed by atoms with Crippen molar-refractivity contribution >= 4 is 69.7 Å². The fourth-order valence-corrected chi connectivity index (χ4v) is 5.59. The van der Waals surface area contributed by atoms with E-state index in [0.29, 0.717) is 39.5 Å². The highest BCUT2D eigenvalue weighted by molar-refractivity contribution is 8.00. The van der Waals surface area contributed by atoms with Crippen LogP contribution in [-0.2, 0) is 9.59 Å². The summed E-state index contributed by atoms with van der Waals surface area (Å²) >= 11 is 3.98. The van der Waals surface area contributed by atoms with E-state index in [9.17, 15) is 14.4 Å². The highest BCUT2D eigenvalue weighted by Crippen LogP contribution is 2.24. The number of thioether (sulfide) groups is 2. The maximum atomic E-state index is 13.4. The second-order valence-corrected chi connectivity index (χ2v) is 11.5. The van der Waals surface area contributed by atoms with Crippen molar-refractivity contribution in [1.29, 1.82) is 0 Å². The van der Waals surface area contributed by atoms with Crippen molar-refractivity contribution in [2.45, 2.75) is 23.9 Å². The summed E-state index contributed by atoms with van der Waals surface area (Å²) in [5, 5.41) is 9.46. The molecule has 3 N–H and O–H groups in total. The van der Waals surface area contributed by atoms with Gasteiger partial charge in [-0.15, -0.1) is 11.8 Å². The molecule has 0 bridgehead atoms. The lowest BCUT2D eigenvalue weighted by Gasteiger charge is -2.12. The van der Waals surface area contributed by atoms with Crippen molar-refractivity contribution in [3.63, 3.8) is 0 Å². The third-order valence-corrected chi connectivity index (χ3v) is 7.89. The summed E-state index contributed by atoms with van der Waals surface area (Å²) in [6, 6.07) is 23.0. The molecule has 0 aliphatic heterocycles. The van der Waals surface area contributed by atoms with E-state index < -0.39 is 11.8 Å². The molecule has 4 rings (SSSR count). The Morgan fingerprint density at radius 3 is 2.45 bits per heavy atom. The summed E-state index contributed by atoms with van der Waals surface area (Å²) in [4.78, 5) is 43.8. The van der Waals surface area contributed by atoms with Crippen molar-refractivity contribution in [2.24, 2.45) is 0 Å². The minimum Gasteiger partial charge on any atom is -0.494 e. The molecule has 216 valence electrons. The Morgan fingerprint density at radius 1 is 0.929 bits per heavy atom. The second kappa shape index (κ2) is 15.8. The Kier molecular flexibility index (Phi) is 11.6. The average Bonchev–Trinajstić information content (AvgIpc) is 3.44. The van der Waals surface area contributed by atoms with E-state index in [2.05, 4.69) is 25.3 Å². The van der Waals surface area contributed by atoms with E-state index >= 15 is 0 Å². The minimum absolute atomic E-state index is 0.0723. The van der Waals surface area contributed by atoms with Crippen molar-refractivity contribution in [2.75, 3.05) is 28.7 Å². The lowest BCUT2D eigenvalue weighted by atomic mass is 10.1. The fourth-order valence-electron chi connectivity index (χ4n) is 3.55. The van der Waals surface area contributed by atoms with E-state index in [1.165, 1.54) is 23.5 Å². The average molecular weight is 620 g/mol. The zero-order valence-corrected chi connectivity index (χ0v) is 25.4. The number of nitrogens with one attached hydrogen (secondary N) is 3. The van der Waals surface area contributed by atoms with Gasteiger partial charge in [-0.3, -0.25) is 19.7 Å². The Labute approximate surface area is 256 Å². The molecule has 1 aromatic heterocycles. The number of hydrogen-bond acceptors (Lipinski definition) is 9. The van der Waals surface area contributed by atoms with Crippen LogP contribution in [0.1, 0.15) is 29.8 Å². The molecule has 1 heterocycles. The summed E-state index contributed by atoms with van der Waals surface area (Å²) in [5.74, 6) is 0.608. The summed E-state index contributed by atoms with van der Waals surface area (Å²) in [5.41, 5.74) is 1.72. The number of nitrogens with zero attached hydrogens (tertiary/aromatic N) is 2. The van der Waals surface area contributed by atoms with Crippen LogP contribution in [0.3, 0.4) is 0 Å². The Balaban J connectivity index is 1.43. The van der Waals surface area contributed by atoms with Crippen LogP contribution in [0.15, 0.2) is 94.6 Å². The number of amides is 3. The first kappa shape index (κ1) is 30.8. The van der Waals surface area contributed by atoms with Crippen molar-refractivity contribution in [3.8, 4) is 5.75 Å². The number of carbonyl (C=O) groups excluding carboxylic acids is 3. The zero-order chi connectivity index (χ0) is 29.7. The smallest absolute Gasteiger partial charge is 0.272 e. The first-order valence-electron chi connectivity index (χ1n) is 13.0. The fraction of sp³-hybridized carbons (Fsp3) is 0.167. The van der Waals surface area contributed by atoms with Crippen molar-refractivity contribution in [3.05, 3.63) is 95.7 Å². The number of anilines is 2. The van der Waals surface area contributed by atoms with Gasteiger partial charge in [-0.1, -0.05) is 55.1 Å². The summed E-state index contributed by atoms with van der Waals surface area (Å²) in [6.45, 7) is 4.46. The lowest BCUT2D eigenvalue weighted by molar-refractivity contribution is -0.114. The lowest BCUT2D eigenvalue weighted by Crippen LogP contribution is -2.30. The van der Waals surface area contributed by atoms with Gasteiger partial charge in [-0.2, -0.15) is 9.36 Å². The van der Waals surface area contributed by atoms with Gasteiger partial charge >= 0.3 is 0 Å². The van der Waals surface area contributed by atoms with Gasteiger partial charge in [0, 0.05) is 27.7 Å². The molecule has 0 aliphatic rings. The van der Waals surface area contributed by atoms with Crippen LogP contribution in [0.4, 0.5) is 10.8 Å². The first-order chi connectivity index (χ1) is 20.4. The number of hydrogen-bond donors (Lipinski definition) is 3. The molecule has 3 aromatic carbocycles. The molecular weight excluding hydrogens is 591 g/mol. The van der Waals surface area contributed by atoms with E-state index in [4.69, 9.17) is 4.74 Å². The third kappa shape index (κ3) is 9.47. The summed E-state index contributed by atoms with van der Waals surface area (Å²) in [7, 11) is 0. The van der Waals surface area contributed by atoms with Gasteiger partial charge in [0.1, 0.15) is 11.4 Å². The molecule has 0 radical (unpaired) electrons. The molecule has 12 heteroatoms. The van der Waals surface area contributed by atoms with Gasteiger partial charge < -0.3 is 15.4 Å². The SMILES string of the molecule is CCOc1ccc(/C=C(/NC(=O)c2ccccc2)C(=O)Nc2cccc(SCC(=O)Nc3nc(SCC)ns3)c2)cc1. The molecule has 0 fully saturated rings. The number of ether oxygens (including phenoxy) is 1. The predicted octanol–water partition coefficient (Wildman–Crippen LogP) is 6.19. The van der Waals surface area contributed by atoms with E-state index in [1.54, 1.807) is 72.8 Å². The van der Waals surface area contributed by atoms with Gasteiger partial charge in [-0.25, -0.2) is 0 Å². The van der Waals surface area contributed by atoms with Crippen LogP contribution < -0.4 is 20.7 Å². The number of benzene rings is 3. The number of aromatic nitrogens is 2. The van der Waals surface area contributed by atoms with Gasteiger partial charge in [0.25, 0.3) is 11.8 Å². The summed E-state index contributed by atoms with van der Waals surface area (Å²) < 4.78 is 9.70. The Morgan fingerprint density at radius 2 is 1.71 bits per heavy atom. The Bertz CT molecular complexity index is 1540. The molecule has 0 spiro atoms. The van der Waals surface area contributed by atoms with E-state index in [0.717, 1.165) is 22.2 Å². The van der Waals surface area contributed by atoms with Gasteiger partial charge in [0.05, 0.1) is 12.4 Å². The normalized spacial score (nSPS) is 11.0. The molecule has 0 aliphatic carbocycles. The number of rotatable bonds is 13. The molecule has 4 aromatic rings. The minimum atomic E-state index is -0.495. The van der Waals surface area contributed by atoms with Gasteiger partial charge in [0.15, 0.2) is 0 Å². The molecule has 0 atom stereocenters. The highest BCUT2D eigenvalue weighted by Gasteiger charge is 2.16. The molecule has 42 heavy (non-hydrogen) atoms. The topological polar surface area (TPSA) is 122 Å². The van der Waals surface area contributed by atoms with Crippen LogP contribution in [-0.4, -0.2) is 45.2 Å². The summed E-state index contributed by atoms with van der Waals surface area (Å²) in [6.07, 6.45) is 1.60. The molecular formula is C30H29N5O4S3. The standard InChI is InChI=1S/C30H29N5O4S3/c1-3-39-23-15-13-20(14-16-23)17-25(32-27(37)21-9-6-5-7-10-21)28(38)31-22-11-8-12-24(18-22)41-19-26(36)33-29-34-30(35-42-29)40-4-2/h5-18H,3-4,19H2,1-2H3,(H,31,38)(H,32,37)(H,33,34,35,36)/b25-17+. The van der Waals surface area contributed by atoms with Crippen LogP contribution >= 0.6 is 35.1 Å². The van der Waals surface area contributed by atoms with E-state index in [-0.39, 0.29) is 17.4 Å². The van der Waals surface area contributed by atoms with Crippen molar-refractivity contribution in [1.82, 2.24) is 14.7 Å². The highest BCUT2D eigenvalue weighted by atomic mass is 32.2. The molecule has 9 nitrogen and oxygen atoms in total. The van der Waals surface area contributed by atoms with Gasteiger partial charge in [0.2, 0.25) is 16.2 Å². The molecule has 0 saturated carbocycles. The largest absolute Gasteiger partial charge is 0.494 e. The Hall–Kier alpha value is -4.13.